The lowest BCUT2D eigenvalue weighted by molar-refractivity contribution is -0.137. The first-order valence-corrected chi connectivity index (χ1v) is 15.8. The van der Waals surface area contributed by atoms with Gasteiger partial charge in [-0.3, -0.25) is 4.79 Å². The Bertz CT molecular complexity index is 1810. The molecule has 49 heavy (non-hydrogen) atoms. The van der Waals surface area contributed by atoms with Crippen molar-refractivity contribution in [2.45, 2.75) is 38.6 Å². The van der Waals surface area contributed by atoms with Crippen LogP contribution in [0.25, 0.3) is 10.8 Å². The van der Waals surface area contributed by atoms with E-state index in [1.807, 2.05) is 43.3 Å². The molecule has 0 radical (unpaired) electrons. The van der Waals surface area contributed by atoms with Crippen LogP contribution in [-0.4, -0.2) is 71.8 Å². The quantitative estimate of drug-likeness (QED) is 0.171. The molecule has 0 aliphatic carbocycles. The van der Waals surface area contributed by atoms with E-state index in [0.717, 1.165) is 22.9 Å². The lowest BCUT2D eigenvalue weighted by atomic mass is 10.0. The first kappa shape index (κ1) is 35.0. The largest absolute Gasteiger partial charge is 0.488 e. The number of benzene rings is 4. The van der Waals surface area contributed by atoms with E-state index >= 15 is 0 Å². The van der Waals surface area contributed by atoms with Crippen molar-refractivity contribution in [3.8, 4) is 5.75 Å². The molecule has 13 heteroatoms. The zero-order valence-electron chi connectivity index (χ0n) is 27.3. The molecule has 0 unspecified atom stereocenters. The molecule has 10 nitrogen and oxygen atoms in total. The molecule has 4 N–H and O–H groups in total. The van der Waals surface area contributed by atoms with Gasteiger partial charge in [0.2, 0.25) is 5.91 Å². The van der Waals surface area contributed by atoms with Crippen molar-refractivity contribution in [2.75, 3.05) is 42.7 Å². The number of anilines is 3. The molecule has 0 spiro atoms. The Morgan fingerprint density at radius 2 is 1.67 bits per heavy atom. The number of amides is 5. The van der Waals surface area contributed by atoms with Crippen LogP contribution in [-0.2, 0) is 17.4 Å². The molecule has 1 heterocycles. The third-order valence-electron chi connectivity index (χ3n) is 8.48. The Hall–Kier alpha value is -5.30. The summed E-state index contributed by atoms with van der Waals surface area (Å²) in [6, 6.07) is 20.8. The molecule has 5 rings (SSSR count). The van der Waals surface area contributed by atoms with Gasteiger partial charge in [-0.05, 0) is 60.8 Å². The second kappa shape index (κ2) is 14.9. The predicted molar refractivity (Wildman–Crippen MR) is 182 cm³/mol. The van der Waals surface area contributed by atoms with Crippen LogP contribution < -0.4 is 20.7 Å². The zero-order valence-corrected chi connectivity index (χ0v) is 27.3. The minimum atomic E-state index is -4.50. The summed E-state index contributed by atoms with van der Waals surface area (Å²) in [6.07, 6.45) is -5.19. The summed E-state index contributed by atoms with van der Waals surface area (Å²) in [7, 11) is 1.53. The van der Waals surface area contributed by atoms with Gasteiger partial charge in [-0.2, -0.15) is 13.2 Å². The van der Waals surface area contributed by atoms with E-state index in [-0.39, 0.29) is 43.6 Å². The maximum atomic E-state index is 13.6. The summed E-state index contributed by atoms with van der Waals surface area (Å²) in [5, 5.41) is 20.1. The van der Waals surface area contributed by atoms with Crippen molar-refractivity contribution in [3.05, 3.63) is 96.1 Å². The number of carbonyl (C=O) groups excluding carboxylic acids is 3. The Kier molecular flexibility index (Phi) is 10.6. The maximum Gasteiger partial charge on any atom is 0.416 e. The van der Waals surface area contributed by atoms with Gasteiger partial charge < -0.3 is 35.6 Å². The molecular formula is C36H38F3N5O5. The van der Waals surface area contributed by atoms with Crippen molar-refractivity contribution in [1.29, 1.82) is 0 Å². The normalized spacial score (nSPS) is 17.1. The van der Waals surface area contributed by atoms with Gasteiger partial charge in [0.25, 0.3) is 0 Å². The number of aliphatic hydroxyl groups excluding tert-OH is 1. The average molecular weight is 678 g/mol. The number of halogens is 3. The summed E-state index contributed by atoms with van der Waals surface area (Å²) in [5.41, 5.74) is 0.918. The summed E-state index contributed by atoms with van der Waals surface area (Å²) in [4.78, 5) is 42.6. The molecule has 0 aromatic heterocycles. The fraction of sp³-hybridized carbons (Fsp3) is 0.306. The summed E-state index contributed by atoms with van der Waals surface area (Å²) in [6.45, 7) is 3.64. The molecule has 4 aromatic carbocycles. The number of carbonyl (C=O) groups is 3. The van der Waals surface area contributed by atoms with Crippen LogP contribution in [0.4, 0.5) is 39.8 Å². The van der Waals surface area contributed by atoms with Crippen molar-refractivity contribution in [3.63, 3.8) is 0 Å². The van der Waals surface area contributed by atoms with Gasteiger partial charge in [0, 0.05) is 41.8 Å². The molecule has 1 aliphatic heterocycles. The van der Waals surface area contributed by atoms with E-state index in [0.29, 0.717) is 22.7 Å². The number of alkyl halides is 3. The van der Waals surface area contributed by atoms with Gasteiger partial charge in [0.15, 0.2) is 0 Å². The topological polar surface area (TPSA) is 123 Å². The standard InChI is InChI=1S/C36H38F3N5O5/c1-22-19-44(23(2)21-45)33(46)18-25-17-28(40-34(47)42-30-10-6-8-24-7-4-5-9-29(24)30)15-16-31(25)49-32(22)20-43(3)35(48)41-27-13-11-26(12-14-27)36(37,38)39/h4-17,22-23,32,45H,18-21H2,1-3H3,(H,41,48)(H2,40,42,47)/t22-,23+,32+/m0/s1. The summed E-state index contributed by atoms with van der Waals surface area (Å²) < 4.78 is 45.3. The molecule has 0 saturated carbocycles. The zero-order chi connectivity index (χ0) is 35.3. The SMILES string of the molecule is C[C@H](CO)N1C[C@H](C)[C@@H](CN(C)C(=O)Nc2ccc(C(F)(F)F)cc2)Oc2ccc(NC(=O)Nc3cccc4ccccc34)cc2CC1=O. The fourth-order valence-electron chi connectivity index (χ4n) is 5.66. The van der Waals surface area contributed by atoms with Gasteiger partial charge in [-0.25, -0.2) is 9.59 Å². The van der Waals surface area contributed by atoms with E-state index in [1.165, 1.54) is 24.1 Å². The number of rotatable bonds is 7. The molecule has 258 valence electrons. The lowest BCUT2D eigenvalue weighted by Crippen LogP contribution is -2.48. The van der Waals surface area contributed by atoms with Gasteiger partial charge in [-0.1, -0.05) is 43.3 Å². The smallest absolute Gasteiger partial charge is 0.416 e. The monoisotopic (exact) mass is 677 g/mol. The van der Waals surface area contributed by atoms with E-state index in [4.69, 9.17) is 4.74 Å². The highest BCUT2D eigenvalue weighted by molar-refractivity contribution is 6.06. The Labute approximate surface area is 281 Å². The number of nitrogens with one attached hydrogen (secondary N) is 3. The molecule has 0 bridgehead atoms. The van der Waals surface area contributed by atoms with Gasteiger partial charge in [-0.15, -0.1) is 0 Å². The number of aliphatic hydroxyl groups is 1. The Morgan fingerprint density at radius 1 is 0.980 bits per heavy atom. The number of nitrogens with zero attached hydrogens (tertiary/aromatic N) is 2. The first-order valence-electron chi connectivity index (χ1n) is 15.8. The second-order valence-electron chi connectivity index (χ2n) is 12.2. The van der Waals surface area contributed by atoms with Crippen molar-refractivity contribution < 1.29 is 37.4 Å². The van der Waals surface area contributed by atoms with Gasteiger partial charge >= 0.3 is 18.2 Å². The third kappa shape index (κ3) is 8.60. The number of ether oxygens (including phenoxy) is 1. The summed E-state index contributed by atoms with van der Waals surface area (Å²) >= 11 is 0. The van der Waals surface area contributed by atoms with Crippen LogP contribution in [0.2, 0.25) is 0 Å². The molecule has 0 fully saturated rings. The van der Waals surface area contributed by atoms with Crippen LogP contribution in [0.3, 0.4) is 0 Å². The van der Waals surface area contributed by atoms with Crippen molar-refractivity contribution >= 4 is 45.8 Å². The highest BCUT2D eigenvalue weighted by Crippen LogP contribution is 2.31. The predicted octanol–water partition coefficient (Wildman–Crippen LogP) is 6.82. The van der Waals surface area contributed by atoms with Gasteiger partial charge in [0.1, 0.15) is 11.9 Å². The Balaban J connectivity index is 1.34. The summed E-state index contributed by atoms with van der Waals surface area (Å²) in [5.74, 6) is -0.167. The van der Waals surface area contributed by atoms with Crippen molar-refractivity contribution in [2.24, 2.45) is 5.92 Å². The Morgan fingerprint density at radius 3 is 2.39 bits per heavy atom. The van der Waals surface area contributed by atoms with E-state index in [1.54, 1.807) is 36.1 Å². The minimum absolute atomic E-state index is 0.0655. The molecule has 1 aliphatic rings. The van der Waals surface area contributed by atoms with Crippen molar-refractivity contribution in [1.82, 2.24) is 9.80 Å². The molecule has 0 saturated heterocycles. The fourth-order valence-corrected chi connectivity index (χ4v) is 5.66. The number of urea groups is 2. The van der Waals surface area contributed by atoms with E-state index < -0.39 is 35.9 Å². The average Bonchev–Trinajstić information content (AvgIpc) is 3.11. The highest BCUT2D eigenvalue weighted by atomic mass is 19.4. The molecule has 4 aromatic rings. The number of fused-ring (bicyclic) bond motifs is 2. The van der Waals surface area contributed by atoms with Crippen LogP contribution in [0.5, 0.6) is 5.75 Å². The van der Waals surface area contributed by atoms with Crippen LogP contribution in [0.1, 0.15) is 25.0 Å². The van der Waals surface area contributed by atoms with E-state index in [2.05, 4.69) is 16.0 Å². The van der Waals surface area contributed by atoms with Crippen LogP contribution in [0.15, 0.2) is 84.9 Å². The van der Waals surface area contributed by atoms with Crippen LogP contribution in [0, 0.1) is 5.92 Å². The first-order chi connectivity index (χ1) is 23.3. The number of hydrogen-bond acceptors (Lipinski definition) is 5. The molecule has 5 amide bonds. The molecule has 3 atom stereocenters. The maximum absolute atomic E-state index is 13.6. The second-order valence-corrected chi connectivity index (χ2v) is 12.2. The van der Waals surface area contributed by atoms with Crippen LogP contribution >= 0.6 is 0 Å². The highest BCUT2D eigenvalue weighted by Gasteiger charge is 2.33. The van der Waals surface area contributed by atoms with E-state index in [9.17, 15) is 32.7 Å². The minimum Gasteiger partial charge on any atom is -0.488 e. The lowest BCUT2D eigenvalue weighted by Gasteiger charge is -2.34. The number of likely N-dealkylation sites (N-methyl/N-ethyl adjacent to an activating group) is 1. The molecular weight excluding hydrogens is 639 g/mol. The number of hydrogen-bond donors (Lipinski definition) is 4. The third-order valence-corrected chi connectivity index (χ3v) is 8.48. The van der Waals surface area contributed by atoms with Gasteiger partial charge in [0.05, 0.1) is 36.9 Å².